The van der Waals surface area contributed by atoms with Gasteiger partial charge in [0.1, 0.15) is 46.1 Å². The van der Waals surface area contributed by atoms with Gasteiger partial charge in [0, 0.05) is 28.2 Å². The van der Waals surface area contributed by atoms with E-state index in [1.807, 2.05) is 115 Å². The minimum Gasteiger partial charge on any atom is -0.457 e. The van der Waals surface area contributed by atoms with Crippen LogP contribution in [0.25, 0.3) is 40.5 Å². The summed E-state index contributed by atoms with van der Waals surface area (Å²) in [6, 6.07) is 103. The van der Waals surface area contributed by atoms with Crippen molar-refractivity contribution in [2.45, 2.75) is 16.2 Å². The molecule has 0 radical (unpaired) electrons. The zero-order chi connectivity index (χ0) is 65.2. The Labute approximate surface area is 563 Å². The molecule has 2 unspecified atom stereocenters. The Morgan fingerprint density at radius 2 is 0.763 bits per heavy atom. The van der Waals surface area contributed by atoms with Gasteiger partial charge in [-0.15, -0.1) is 0 Å². The first kappa shape index (κ1) is 58.4. The van der Waals surface area contributed by atoms with Crippen molar-refractivity contribution in [1.29, 1.82) is 0 Å². The smallest absolute Gasteiger partial charge is 0.132 e. The average Bonchev–Trinajstić information content (AvgIpc) is 1.57. The van der Waals surface area contributed by atoms with Gasteiger partial charge < -0.3 is 19.1 Å². The number of hydrogen-bond acceptors (Lipinski definition) is 4. The van der Waals surface area contributed by atoms with Crippen LogP contribution in [0.5, 0.6) is 34.5 Å². The Kier molecular flexibility index (Phi) is 14.2. The molecule has 97 heavy (non-hydrogen) atoms. The lowest BCUT2D eigenvalue weighted by Gasteiger charge is -2.40. The number of benzene rings is 13. The van der Waals surface area contributed by atoms with Gasteiger partial charge in [-0.05, 0) is 210 Å². The Morgan fingerprint density at radius 3 is 1.31 bits per heavy atom. The van der Waals surface area contributed by atoms with Crippen molar-refractivity contribution in [1.82, 2.24) is 0 Å². The maximum Gasteiger partial charge on any atom is 0.132 e. The Bertz CT molecular complexity index is 5310. The number of fused-ring (bicyclic) bond motifs is 13. The molecule has 4 nitrogen and oxygen atoms in total. The Morgan fingerprint density at radius 1 is 0.351 bits per heavy atom. The van der Waals surface area contributed by atoms with Gasteiger partial charge in [-0.1, -0.05) is 238 Å². The molecule has 1 heterocycles. The van der Waals surface area contributed by atoms with Gasteiger partial charge in [0.05, 0.1) is 16.2 Å². The molecule has 0 saturated heterocycles. The van der Waals surface area contributed by atoms with E-state index in [0.717, 1.165) is 106 Å². The molecule has 13 aromatic carbocycles. The van der Waals surface area contributed by atoms with Gasteiger partial charge in [0.25, 0.3) is 0 Å². The van der Waals surface area contributed by atoms with Crippen molar-refractivity contribution < 1.29 is 23.0 Å². The maximum atomic E-state index is 15.5. The van der Waals surface area contributed by atoms with Crippen LogP contribution in [-0.4, -0.2) is 0 Å². The number of ether oxygens (including phenoxy) is 3. The lowest BCUT2D eigenvalue weighted by Crippen LogP contribution is -2.32. The predicted octanol–water partition coefficient (Wildman–Crippen LogP) is 23.3. The van der Waals surface area contributed by atoms with Crippen LogP contribution in [0.2, 0.25) is 0 Å². The van der Waals surface area contributed by atoms with Gasteiger partial charge in [-0.2, -0.15) is 0 Å². The van der Waals surface area contributed by atoms with E-state index in [9.17, 15) is 0 Å². The highest BCUT2D eigenvalue weighted by atomic mass is 19.1. The molecule has 17 rings (SSSR count). The van der Waals surface area contributed by atoms with Gasteiger partial charge in [-0.3, -0.25) is 0 Å². The summed E-state index contributed by atoms with van der Waals surface area (Å²) in [6.45, 7) is 7.86. The van der Waals surface area contributed by atoms with Crippen molar-refractivity contribution in [3.05, 3.63) is 436 Å². The third-order valence-electron chi connectivity index (χ3n) is 19.9. The summed E-state index contributed by atoms with van der Waals surface area (Å²) in [7, 11) is 0. The minimum atomic E-state index is -1.02. The van der Waals surface area contributed by atoms with Crippen molar-refractivity contribution in [3.8, 4) is 56.8 Å². The summed E-state index contributed by atoms with van der Waals surface area (Å²) >= 11 is 0. The average molecular weight is 1250 g/mol. The fourth-order valence-corrected chi connectivity index (χ4v) is 15.6. The first-order valence-electron chi connectivity index (χ1n) is 32.6. The molecule has 3 aliphatic carbocycles. The van der Waals surface area contributed by atoms with Crippen LogP contribution in [0.15, 0.2) is 346 Å². The van der Waals surface area contributed by atoms with Crippen molar-refractivity contribution in [2.24, 2.45) is 0 Å². The molecular weight excluding hydrogens is 1190 g/mol. The van der Waals surface area contributed by atoms with E-state index < -0.39 is 16.2 Å². The van der Waals surface area contributed by atoms with Gasteiger partial charge in [0.15, 0.2) is 0 Å². The van der Waals surface area contributed by atoms with Gasteiger partial charge in [-0.25, -0.2) is 8.78 Å². The maximum absolute atomic E-state index is 15.5. The molecule has 1 spiro atoms. The molecule has 1 aliphatic heterocycles. The van der Waals surface area contributed by atoms with Crippen LogP contribution in [0.3, 0.4) is 0 Å². The number of hydrogen-bond donors (Lipinski definition) is 0. The van der Waals surface area contributed by atoms with Crippen molar-refractivity contribution >= 4 is 29.6 Å². The van der Waals surface area contributed by atoms with Gasteiger partial charge >= 0.3 is 0 Å². The van der Waals surface area contributed by atoms with Crippen molar-refractivity contribution in [2.75, 3.05) is 4.90 Å². The highest BCUT2D eigenvalue weighted by Crippen LogP contribution is 2.63. The number of rotatable bonds is 13. The molecule has 0 amide bonds. The Balaban J connectivity index is 0.909. The van der Waals surface area contributed by atoms with Gasteiger partial charge in [0.2, 0.25) is 0 Å². The van der Waals surface area contributed by atoms with Crippen LogP contribution in [0, 0.1) is 11.6 Å². The fourth-order valence-electron chi connectivity index (χ4n) is 15.6. The highest BCUT2D eigenvalue weighted by Gasteiger charge is 2.52. The summed E-state index contributed by atoms with van der Waals surface area (Å²) in [5, 5.41) is 0. The first-order valence-corrected chi connectivity index (χ1v) is 32.6. The number of para-hydroxylation sites is 1. The van der Waals surface area contributed by atoms with Crippen molar-refractivity contribution in [3.63, 3.8) is 0 Å². The van der Waals surface area contributed by atoms with Crippen LogP contribution >= 0.6 is 0 Å². The van der Waals surface area contributed by atoms with E-state index in [0.29, 0.717) is 23.0 Å². The SMILES string of the molecule is C=Cc1ccc(Oc2ccc(C3(c4ccc(F)cc4)/C=C/C(N(c4ccc5c(c4)C4(c6ccccc6O5)c5ccccc5-c5ccccc54)c4ccc5c(c4)C(c4ccc(F)cc4)(c4ccc(Oc6ccc(C=C)cc6)cc4)c4ccccc4-5)=C\C=C\c4ccccc43)cc2)cc1. The second kappa shape index (κ2) is 23.6. The molecule has 462 valence electrons. The molecular formula is C91H61F2NO3. The topological polar surface area (TPSA) is 30.9 Å². The fraction of sp³-hybridized carbons (Fsp3) is 0.0330. The largest absolute Gasteiger partial charge is 0.457 e. The zero-order valence-electron chi connectivity index (χ0n) is 52.8. The molecule has 0 bridgehead atoms. The lowest BCUT2D eigenvalue weighted by molar-refractivity contribution is 0.436. The number of nitrogens with zero attached hydrogens (tertiary/aromatic N) is 1. The first-order chi connectivity index (χ1) is 47.7. The third-order valence-corrected chi connectivity index (χ3v) is 19.9. The van der Waals surface area contributed by atoms with Crippen LogP contribution in [-0.2, 0) is 16.2 Å². The monoisotopic (exact) mass is 1250 g/mol. The third kappa shape index (κ3) is 9.46. The van der Waals surface area contributed by atoms with E-state index in [1.54, 1.807) is 24.3 Å². The van der Waals surface area contributed by atoms with E-state index in [1.165, 1.54) is 22.3 Å². The number of allylic oxidation sites excluding steroid dienone is 4. The normalized spacial score (nSPS) is 17.4. The van der Waals surface area contributed by atoms with Crippen LogP contribution in [0.1, 0.15) is 77.9 Å². The zero-order valence-corrected chi connectivity index (χ0v) is 52.8. The van der Waals surface area contributed by atoms with E-state index >= 15 is 8.78 Å². The molecule has 2 atom stereocenters. The molecule has 0 N–H and O–H groups in total. The molecule has 6 heteroatoms. The predicted molar refractivity (Wildman–Crippen MR) is 388 cm³/mol. The summed E-state index contributed by atoms with van der Waals surface area (Å²) in [5.74, 6) is 3.62. The summed E-state index contributed by atoms with van der Waals surface area (Å²) in [5.41, 5.74) is 18.3. The molecule has 0 saturated carbocycles. The highest BCUT2D eigenvalue weighted by molar-refractivity contribution is 5.92. The molecule has 0 fully saturated rings. The lowest BCUT2D eigenvalue weighted by atomic mass is 9.66. The molecule has 4 aliphatic rings. The van der Waals surface area contributed by atoms with E-state index in [4.69, 9.17) is 14.2 Å². The van der Waals surface area contributed by atoms with E-state index in [2.05, 4.69) is 224 Å². The minimum absolute atomic E-state index is 0.328. The number of anilines is 2. The quantitative estimate of drug-likeness (QED) is 0.115. The molecule has 0 aromatic heterocycles. The summed E-state index contributed by atoms with van der Waals surface area (Å²) < 4.78 is 51.1. The molecule has 13 aromatic rings. The van der Waals surface area contributed by atoms with Crippen LogP contribution < -0.4 is 19.1 Å². The second-order valence-electron chi connectivity index (χ2n) is 25.0. The van der Waals surface area contributed by atoms with Crippen LogP contribution in [0.4, 0.5) is 20.2 Å². The second-order valence-corrected chi connectivity index (χ2v) is 25.0. The Hall–Kier alpha value is -12.4. The van der Waals surface area contributed by atoms with E-state index in [-0.39, 0.29) is 11.6 Å². The summed E-state index contributed by atoms with van der Waals surface area (Å²) in [6.07, 6.45) is 14.6. The summed E-state index contributed by atoms with van der Waals surface area (Å²) in [4.78, 5) is 2.36. The standard InChI is InChI=1S/C91H61F2NO3/c1-3-60-28-46-72(47-29-60)95-74-50-36-64(37-51-74)89(63-32-40-67(92)41-33-63)57-56-69(18-15-17-62-16-5-9-22-80(62)89)94(71-45-55-88-86(59-71)91(84-26-13-14-27-87(84)97-88)82-24-11-7-19-76(82)77-20-8-12-25-83(77)91)70-44-54-79-78-21-6-10-23-81(78)90(85(79)58-70,65-34-42-68(93)43-35-65)66-38-52-75(53-39-66)96-73-48-30-61(4-2)31-49-73/h3-59H,1-2H2/b17-15+,57-56+,69-18+. The number of halogens is 2.